The normalized spacial score (nSPS) is 17.7. The van der Waals surface area contributed by atoms with Gasteiger partial charge in [-0.05, 0) is 43.7 Å². The fourth-order valence-electron chi connectivity index (χ4n) is 3.33. The number of amides is 1. The Morgan fingerprint density at radius 3 is 2.65 bits per heavy atom. The molecule has 1 amide bonds. The van der Waals surface area contributed by atoms with Crippen LogP contribution in [0.4, 0.5) is 5.69 Å². The van der Waals surface area contributed by atoms with Crippen molar-refractivity contribution in [2.45, 2.75) is 58.4 Å². The van der Waals surface area contributed by atoms with Crippen LogP contribution in [0.25, 0.3) is 0 Å². The number of carbonyl (C=O) groups excluding carboxylic acids is 1. The van der Waals surface area contributed by atoms with Crippen molar-refractivity contribution in [3.8, 4) is 0 Å². The van der Waals surface area contributed by atoms with Gasteiger partial charge in [0.05, 0.1) is 5.56 Å². The van der Waals surface area contributed by atoms with Gasteiger partial charge in [0.25, 0.3) is 5.91 Å². The molecule has 1 atom stereocenters. The summed E-state index contributed by atoms with van der Waals surface area (Å²) in [7, 11) is 0. The van der Waals surface area contributed by atoms with Crippen molar-refractivity contribution >= 4 is 11.6 Å². The van der Waals surface area contributed by atoms with Gasteiger partial charge >= 0.3 is 0 Å². The number of anilines is 1. The van der Waals surface area contributed by atoms with E-state index in [4.69, 9.17) is 5.73 Å². The van der Waals surface area contributed by atoms with Gasteiger partial charge in [-0.15, -0.1) is 0 Å². The van der Waals surface area contributed by atoms with E-state index in [1.54, 1.807) is 6.07 Å². The number of aryl methyl sites for hydroxylation is 1. The molecule has 3 nitrogen and oxygen atoms in total. The summed E-state index contributed by atoms with van der Waals surface area (Å²) >= 11 is 0. The van der Waals surface area contributed by atoms with Crippen molar-refractivity contribution in [1.82, 2.24) is 5.32 Å². The molecule has 1 aromatic carbocycles. The summed E-state index contributed by atoms with van der Waals surface area (Å²) in [6.07, 6.45) is 7.39. The lowest BCUT2D eigenvalue weighted by Crippen LogP contribution is -2.41. The van der Waals surface area contributed by atoms with Gasteiger partial charge in [0.2, 0.25) is 0 Å². The molecule has 0 spiro atoms. The molecule has 0 radical (unpaired) electrons. The molecule has 1 fully saturated rings. The van der Waals surface area contributed by atoms with E-state index in [-0.39, 0.29) is 11.9 Å². The SMILES string of the molecule is CCC(NC(=O)c1c(C)cccc1N)C1CCCCC1. The lowest BCUT2D eigenvalue weighted by molar-refractivity contribution is 0.0911. The summed E-state index contributed by atoms with van der Waals surface area (Å²) in [4.78, 5) is 12.5. The Morgan fingerprint density at radius 2 is 2.05 bits per heavy atom. The molecule has 3 heteroatoms. The number of nitrogens with two attached hydrogens (primary N) is 1. The Hall–Kier alpha value is -1.51. The van der Waals surface area contributed by atoms with Gasteiger partial charge in [-0.2, -0.15) is 0 Å². The van der Waals surface area contributed by atoms with Gasteiger partial charge in [0.15, 0.2) is 0 Å². The van der Waals surface area contributed by atoms with E-state index >= 15 is 0 Å². The summed E-state index contributed by atoms with van der Waals surface area (Å²) < 4.78 is 0. The summed E-state index contributed by atoms with van der Waals surface area (Å²) in [6.45, 7) is 4.09. The number of rotatable bonds is 4. The third-order valence-corrected chi connectivity index (χ3v) is 4.51. The number of hydrogen-bond acceptors (Lipinski definition) is 2. The van der Waals surface area contributed by atoms with Crippen LogP contribution < -0.4 is 11.1 Å². The van der Waals surface area contributed by atoms with Gasteiger partial charge in [-0.1, -0.05) is 38.3 Å². The van der Waals surface area contributed by atoms with Gasteiger partial charge in [-0.3, -0.25) is 4.79 Å². The Labute approximate surface area is 121 Å². The van der Waals surface area contributed by atoms with Gasteiger partial charge in [-0.25, -0.2) is 0 Å². The lowest BCUT2D eigenvalue weighted by atomic mass is 9.83. The van der Waals surface area contributed by atoms with Crippen LogP contribution in [0.3, 0.4) is 0 Å². The summed E-state index contributed by atoms with van der Waals surface area (Å²) in [5, 5.41) is 3.22. The van der Waals surface area contributed by atoms with E-state index in [0.29, 0.717) is 17.2 Å². The van der Waals surface area contributed by atoms with E-state index in [1.165, 1.54) is 32.1 Å². The van der Waals surface area contributed by atoms with Crippen LogP contribution in [-0.4, -0.2) is 11.9 Å². The highest BCUT2D eigenvalue weighted by Crippen LogP contribution is 2.28. The van der Waals surface area contributed by atoms with E-state index in [1.807, 2.05) is 19.1 Å². The van der Waals surface area contributed by atoms with Crippen molar-refractivity contribution in [3.05, 3.63) is 29.3 Å². The quantitative estimate of drug-likeness (QED) is 0.823. The minimum absolute atomic E-state index is 0.0157. The maximum atomic E-state index is 12.5. The number of nitrogen functional groups attached to an aromatic ring is 1. The number of nitrogens with one attached hydrogen (secondary N) is 1. The molecule has 20 heavy (non-hydrogen) atoms. The molecule has 110 valence electrons. The Morgan fingerprint density at radius 1 is 1.35 bits per heavy atom. The first-order valence-electron chi connectivity index (χ1n) is 7.79. The molecule has 0 bridgehead atoms. The van der Waals surface area contributed by atoms with E-state index in [9.17, 15) is 4.79 Å². The Bertz CT molecular complexity index is 444. The zero-order valence-corrected chi connectivity index (χ0v) is 12.6. The molecular weight excluding hydrogens is 248 g/mol. The topological polar surface area (TPSA) is 55.1 Å². The second kappa shape index (κ2) is 6.78. The van der Waals surface area contributed by atoms with Gasteiger partial charge < -0.3 is 11.1 Å². The summed E-state index contributed by atoms with van der Waals surface area (Å²) in [5.41, 5.74) is 8.11. The van der Waals surface area contributed by atoms with Crippen LogP contribution in [0.15, 0.2) is 18.2 Å². The summed E-state index contributed by atoms with van der Waals surface area (Å²) in [6, 6.07) is 5.90. The van der Waals surface area contributed by atoms with E-state index in [0.717, 1.165) is 12.0 Å². The van der Waals surface area contributed by atoms with Crippen LogP contribution in [0.2, 0.25) is 0 Å². The first-order chi connectivity index (χ1) is 9.63. The molecule has 0 saturated heterocycles. The molecule has 1 unspecified atom stereocenters. The van der Waals surface area contributed by atoms with E-state index in [2.05, 4.69) is 12.2 Å². The zero-order valence-electron chi connectivity index (χ0n) is 12.6. The molecule has 3 N–H and O–H groups in total. The number of benzene rings is 1. The maximum absolute atomic E-state index is 12.5. The molecule has 0 aromatic heterocycles. The predicted molar refractivity (Wildman–Crippen MR) is 83.7 cm³/mol. The fraction of sp³-hybridized carbons (Fsp3) is 0.588. The highest BCUT2D eigenvalue weighted by molar-refractivity contribution is 6.00. The largest absolute Gasteiger partial charge is 0.398 e. The molecule has 1 aliphatic carbocycles. The first-order valence-corrected chi connectivity index (χ1v) is 7.79. The minimum atomic E-state index is -0.0157. The Kier molecular flexibility index (Phi) is 5.05. The predicted octanol–water partition coefficient (Wildman–Crippen LogP) is 3.67. The van der Waals surface area contributed by atoms with Crippen LogP contribution in [0.1, 0.15) is 61.4 Å². The average Bonchev–Trinajstić information content (AvgIpc) is 2.45. The second-order valence-electron chi connectivity index (χ2n) is 5.93. The third kappa shape index (κ3) is 3.33. The smallest absolute Gasteiger partial charge is 0.253 e. The highest BCUT2D eigenvalue weighted by atomic mass is 16.1. The first kappa shape index (κ1) is 14.9. The van der Waals surface area contributed by atoms with Crippen molar-refractivity contribution in [2.24, 2.45) is 5.92 Å². The zero-order chi connectivity index (χ0) is 14.5. The standard InChI is InChI=1S/C17H26N2O/c1-3-15(13-9-5-4-6-10-13)19-17(20)16-12(2)8-7-11-14(16)18/h7-8,11,13,15H,3-6,9-10,18H2,1-2H3,(H,19,20). The van der Waals surface area contributed by atoms with Crippen LogP contribution >= 0.6 is 0 Å². The van der Waals surface area contributed by atoms with Crippen LogP contribution in [0.5, 0.6) is 0 Å². The number of hydrogen-bond donors (Lipinski definition) is 2. The fourth-order valence-corrected chi connectivity index (χ4v) is 3.33. The summed E-state index contributed by atoms with van der Waals surface area (Å²) in [5.74, 6) is 0.612. The minimum Gasteiger partial charge on any atom is -0.398 e. The van der Waals surface area contributed by atoms with Crippen molar-refractivity contribution in [1.29, 1.82) is 0 Å². The molecule has 1 aliphatic rings. The monoisotopic (exact) mass is 274 g/mol. The molecule has 1 saturated carbocycles. The molecular formula is C17H26N2O. The van der Waals surface area contributed by atoms with Gasteiger partial charge in [0.1, 0.15) is 0 Å². The van der Waals surface area contributed by atoms with Crippen LogP contribution in [0, 0.1) is 12.8 Å². The highest BCUT2D eigenvalue weighted by Gasteiger charge is 2.25. The van der Waals surface area contributed by atoms with Crippen LogP contribution in [-0.2, 0) is 0 Å². The second-order valence-corrected chi connectivity index (χ2v) is 5.93. The van der Waals surface area contributed by atoms with Gasteiger partial charge in [0, 0.05) is 11.7 Å². The average molecular weight is 274 g/mol. The van der Waals surface area contributed by atoms with Crippen molar-refractivity contribution in [3.63, 3.8) is 0 Å². The maximum Gasteiger partial charge on any atom is 0.253 e. The van der Waals surface area contributed by atoms with E-state index < -0.39 is 0 Å². The Balaban J connectivity index is 2.09. The molecule has 1 aromatic rings. The van der Waals surface area contributed by atoms with Crippen molar-refractivity contribution in [2.75, 3.05) is 5.73 Å². The molecule has 0 heterocycles. The third-order valence-electron chi connectivity index (χ3n) is 4.51. The lowest BCUT2D eigenvalue weighted by Gasteiger charge is -2.30. The van der Waals surface area contributed by atoms with Crippen molar-refractivity contribution < 1.29 is 4.79 Å². The number of carbonyl (C=O) groups is 1. The molecule has 2 rings (SSSR count). The molecule has 0 aliphatic heterocycles.